The highest BCUT2D eigenvalue weighted by molar-refractivity contribution is 5.19. The number of hydrogen-bond donors (Lipinski definition) is 1. The molecule has 10 rings (SSSR count). The van der Waals surface area contributed by atoms with Crippen LogP contribution in [0, 0.1) is 0 Å². The quantitative estimate of drug-likeness (QED) is 0.0202. The summed E-state index contributed by atoms with van der Waals surface area (Å²) in [4.78, 5) is 3.29. The van der Waals surface area contributed by atoms with Crippen LogP contribution in [0.5, 0.6) is 0 Å². The number of aliphatic hydroxyl groups excluding tert-OH is 1. The predicted molar refractivity (Wildman–Crippen MR) is 285 cm³/mol. The number of allylic oxidation sites excluding steroid dienone is 1. The molecule has 78 heavy (non-hydrogen) atoms. The van der Waals surface area contributed by atoms with Gasteiger partial charge in [-0.1, -0.05) is 176 Å². The number of hydrogen-bond acceptors (Lipinski definition) is 15. The van der Waals surface area contributed by atoms with Crippen LogP contribution >= 0.6 is 0 Å². The van der Waals surface area contributed by atoms with Crippen LogP contribution in [0.15, 0.2) is 169 Å². The monoisotopic (exact) mass is 1070 g/mol. The van der Waals surface area contributed by atoms with Gasteiger partial charge in [0.05, 0.1) is 39.1 Å². The Kier molecular flexibility index (Phi) is 20.2. The number of rotatable bonds is 24. The number of benzene rings is 5. The second-order valence-electron chi connectivity index (χ2n) is 20.2. The fourth-order valence-electron chi connectivity index (χ4n) is 10.6. The van der Waals surface area contributed by atoms with Gasteiger partial charge in [0.15, 0.2) is 31.5 Å². The van der Waals surface area contributed by atoms with E-state index in [1.165, 1.54) is 0 Å². The molecule has 0 aromatic heterocycles. The highest BCUT2D eigenvalue weighted by Crippen LogP contribution is 2.42. The van der Waals surface area contributed by atoms with Gasteiger partial charge >= 0.3 is 0 Å². The number of azide groups is 1. The number of unbranched alkanes of at least 4 members (excludes halogenated alkanes) is 4. The fraction of sp³-hybridized carbons (Fsp3) is 0.475. The molecule has 5 fully saturated rings. The molecule has 17 nitrogen and oxygen atoms in total. The third-order valence-corrected chi connectivity index (χ3v) is 14.7. The average molecular weight is 1070 g/mol. The molecular formula is C61H71N3O14. The zero-order valence-corrected chi connectivity index (χ0v) is 43.9. The van der Waals surface area contributed by atoms with Crippen LogP contribution in [0.4, 0.5) is 0 Å². The fourth-order valence-corrected chi connectivity index (χ4v) is 10.6. The van der Waals surface area contributed by atoms with Crippen molar-refractivity contribution in [3.63, 3.8) is 0 Å². The standard InChI is InChI=1S/C61H71N3O14/c1-3-4-5-6-7-23-34-66-59-48(63-64-62)53(52-47(73-59)39-71-58(76-52)45-32-21-12-22-33-45)77-60-54(49(65)51-46(74-60)38-70-57(75-51)44-30-19-11-20-31-44)78-61-56(69-37-43-28-17-10-18-29-43)55(68-36-42-26-15-9-16-27-42)50(40(2)72-61)67-35-41-24-13-8-14-25-41/h3,8-22,24-33,40,46-61,65H,1,4-7,23,34-39H2,2H3/t40?,46?,47?,48?,49-,50+,51-,52+,53+,54?,55-,56?,57?,58?,59+,60-,61-/m0/s1. The largest absolute Gasteiger partial charge is 0.387 e. The van der Waals surface area contributed by atoms with Gasteiger partial charge in [-0.2, -0.15) is 0 Å². The van der Waals surface area contributed by atoms with Crippen molar-refractivity contribution in [3.05, 3.63) is 203 Å². The highest BCUT2D eigenvalue weighted by Gasteiger charge is 2.58. The molecule has 17 atom stereocenters. The molecule has 8 unspecified atom stereocenters. The van der Waals surface area contributed by atoms with Crippen LogP contribution in [0.2, 0.25) is 0 Å². The Labute approximate surface area is 456 Å². The van der Waals surface area contributed by atoms with Crippen molar-refractivity contribution in [1.29, 1.82) is 0 Å². The molecule has 1 N–H and O–H groups in total. The first-order chi connectivity index (χ1) is 38.4. The lowest BCUT2D eigenvalue weighted by molar-refractivity contribution is -0.414. The Morgan fingerprint density at radius 2 is 1.01 bits per heavy atom. The third-order valence-electron chi connectivity index (χ3n) is 14.7. The van der Waals surface area contributed by atoms with Gasteiger partial charge < -0.3 is 66.7 Å². The van der Waals surface area contributed by atoms with E-state index in [-0.39, 0.29) is 33.0 Å². The predicted octanol–water partition coefficient (Wildman–Crippen LogP) is 10.1. The summed E-state index contributed by atoms with van der Waals surface area (Å²) in [6.45, 7) is 6.85. The zero-order chi connectivity index (χ0) is 53.5. The van der Waals surface area contributed by atoms with Gasteiger partial charge in [0.1, 0.15) is 67.1 Å². The van der Waals surface area contributed by atoms with Gasteiger partial charge in [-0.15, -0.1) is 6.58 Å². The molecule has 0 saturated carbocycles. The van der Waals surface area contributed by atoms with Gasteiger partial charge in [-0.3, -0.25) is 0 Å². The topological polar surface area (TPSA) is 189 Å². The van der Waals surface area contributed by atoms with Gasteiger partial charge in [-0.05, 0) is 48.4 Å². The molecule has 0 amide bonds. The molecule has 5 aliphatic rings. The summed E-state index contributed by atoms with van der Waals surface area (Å²) in [6.07, 6.45) is -9.19. The van der Waals surface area contributed by atoms with E-state index < -0.39 is 105 Å². The molecule has 5 heterocycles. The second-order valence-corrected chi connectivity index (χ2v) is 20.2. The molecule has 0 radical (unpaired) electrons. The Morgan fingerprint density at radius 1 is 0.538 bits per heavy atom. The van der Waals surface area contributed by atoms with Crippen molar-refractivity contribution in [2.75, 3.05) is 19.8 Å². The van der Waals surface area contributed by atoms with Crippen LogP contribution in [0.25, 0.3) is 10.4 Å². The molecule has 5 aromatic carbocycles. The minimum absolute atomic E-state index is 0.0298. The van der Waals surface area contributed by atoms with E-state index in [1.54, 1.807) is 0 Å². The maximum absolute atomic E-state index is 13.0. The minimum atomic E-state index is -1.43. The number of nitrogens with zero attached hydrogens (tertiary/aromatic N) is 3. The van der Waals surface area contributed by atoms with Crippen molar-refractivity contribution >= 4 is 0 Å². The molecular weight excluding hydrogens is 999 g/mol. The first-order valence-electron chi connectivity index (χ1n) is 27.3. The molecule has 0 spiro atoms. The van der Waals surface area contributed by atoms with Gasteiger partial charge in [0, 0.05) is 22.6 Å². The Hall–Kier alpha value is -5.41. The van der Waals surface area contributed by atoms with E-state index >= 15 is 0 Å². The first-order valence-corrected chi connectivity index (χ1v) is 27.3. The summed E-state index contributed by atoms with van der Waals surface area (Å²) in [7, 11) is 0. The summed E-state index contributed by atoms with van der Waals surface area (Å²) in [5, 5.41) is 17.3. The maximum Gasteiger partial charge on any atom is 0.187 e. The molecule has 5 aromatic rings. The summed E-state index contributed by atoms with van der Waals surface area (Å²) in [5.74, 6) is 0. The molecule has 5 saturated heterocycles. The normalized spacial score (nSPS) is 32.7. The second kappa shape index (κ2) is 28.1. The average Bonchev–Trinajstić information content (AvgIpc) is 3.63. The van der Waals surface area contributed by atoms with Crippen molar-refractivity contribution in [3.8, 4) is 0 Å². The molecule has 17 heteroatoms. The third kappa shape index (κ3) is 14.1. The highest BCUT2D eigenvalue weighted by atomic mass is 16.8. The Morgan fingerprint density at radius 3 is 1.58 bits per heavy atom. The molecule has 0 bridgehead atoms. The van der Waals surface area contributed by atoms with E-state index in [2.05, 4.69) is 16.6 Å². The number of fused-ring (bicyclic) bond motifs is 2. The van der Waals surface area contributed by atoms with Crippen LogP contribution in [0.3, 0.4) is 0 Å². The van der Waals surface area contributed by atoms with Gasteiger partial charge in [0.25, 0.3) is 0 Å². The lowest BCUT2D eigenvalue weighted by atomic mass is 9.94. The molecule has 0 aliphatic carbocycles. The Balaban J connectivity index is 0.996. The zero-order valence-electron chi connectivity index (χ0n) is 43.9. The Bertz CT molecular complexity index is 2610. The van der Waals surface area contributed by atoms with E-state index in [4.69, 9.17) is 61.6 Å². The van der Waals surface area contributed by atoms with E-state index in [0.29, 0.717) is 6.61 Å². The van der Waals surface area contributed by atoms with E-state index in [0.717, 1.165) is 59.9 Å². The first kappa shape index (κ1) is 55.9. The summed E-state index contributed by atoms with van der Waals surface area (Å²) in [5.41, 5.74) is 14.6. The summed E-state index contributed by atoms with van der Waals surface area (Å²) in [6, 6.07) is 47.5. The van der Waals surface area contributed by atoms with Crippen molar-refractivity contribution in [2.24, 2.45) is 5.11 Å². The lowest BCUT2D eigenvalue weighted by Gasteiger charge is -2.53. The van der Waals surface area contributed by atoms with Crippen LogP contribution in [-0.4, -0.2) is 117 Å². The molecule has 5 aliphatic heterocycles. The van der Waals surface area contributed by atoms with E-state index in [9.17, 15) is 10.6 Å². The van der Waals surface area contributed by atoms with Gasteiger partial charge in [0.2, 0.25) is 0 Å². The lowest BCUT2D eigenvalue weighted by Crippen LogP contribution is -2.68. The maximum atomic E-state index is 13.0. The number of aliphatic hydroxyl groups is 1. The summed E-state index contributed by atoms with van der Waals surface area (Å²) < 4.78 is 87.7. The van der Waals surface area contributed by atoms with Crippen molar-refractivity contribution in [2.45, 2.75) is 163 Å². The SMILES string of the molecule is C=CCCCCCCO[C@@H]1OC2COC(c3ccccc3)O[C@H]2[C@H](O[C@@H]2OC3COC(c4ccccc4)O[C@@H]3[C@H](O)C2O[C@@H]2OC(C)[C@@H](OCc3ccccc3)[C@H](OCc3ccccc3)C2OCc2ccccc2)C1N=[N+]=[N-]. The van der Waals surface area contributed by atoms with Crippen LogP contribution < -0.4 is 0 Å². The summed E-state index contributed by atoms with van der Waals surface area (Å²) >= 11 is 0. The minimum Gasteiger partial charge on any atom is -0.387 e. The van der Waals surface area contributed by atoms with Gasteiger partial charge in [-0.25, -0.2) is 0 Å². The smallest absolute Gasteiger partial charge is 0.187 e. The molecule has 414 valence electrons. The van der Waals surface area contributed by atoms with Crippen molar-refractivity contribution < 1.29 is 66.7 Å². The number of ether oxygens (including phenoxy) is 13. The van der Waals surface area contributed by atoms with E-state index in [1.807, 2.05) is 165 Å². The van der Waals surface area contributed by atoms with Crippen LogP contribution in [-0.2, 0) is 81.4 Å². The van der Waals surface area contributed by atoms with Crippen molar-refractivity contribution in [1.82, 2.24) is 0 Å². The van der Waals surface area contributed by atoms with Crippen LogP contribution in [0.1, 0.15) is 79.4 Å².